The predicted molar refractivity (Wildman–Crippen MR) is 74.1 cm³/mol. The summed E-state index contributed by atoms with van der Waals surface area (Å²) in [6.45, 7) is 0. The number of ether oxygens (including phenoxy) is 1. The molecule has 2 nitrogen and oxygen atoms in total. The smallest absolute Gasteiger partial charge is 0.137 e. The number of benzene rings is 1. The molecule has 0 radical (unpaired) electrons. The minimum atomic E-state index is 0. The van der Waals surface area contributed by atoms with Crippen LogP contribution in [-0.2, 0) is 0 Å². The molecular weight excluding hydrogens is 257 g/mol. The van der Waals surface area contributed by atoms with Gasteiger partial charge in [0.15, 0.2) is 0 Å². The second-order valence-electron chi connectivity index (χ2n) is 4.46. The molecular formula is C13H19Cl2NO. The molecule has 0 spiro atoms. The summed E-state index contributed by atoms with van der Waals surface area (Å²) in [7, 11) is 1.63. The minimum Gasteiger partial charge on any atom is -0.495 e. The maximum atomic E-state index is 6.28. The molecule has 1 aromatic carbocycles. The van der Waals surface area contributed by atoms with Gasteiger partial charge in [0.25, 0.3) is 0 Å². The maximum Gasteiger partial charge on any atom is 0.137 e. The third-order valence-electron chi connectivity index (χ3n) is 3.47. The highest BCUT2D eigenvalue weighted by Crippen LogP contribution is 2.36. The fraction of sp³-hybridized carbons (Fsp3) is 0.538. The van der Waals surface area contributed by atoms with E-state index in [1.807, 2.05) is 18.2 Å². The Morgan fingerprint density at radius 2 is 2.00 bits per heavy atom. The van der Waals surface area contributed by atoms with Crippen LogP contribution in [0.2, 0.25) is 5.02 Å². The van der Waals surface area contributed by atoms with Crippen LogP contribution in [0.15, 0.2) is 18.2 Å². The topological polar surface area (TPSA) is 35.2 Å². The summed E-state index contributed by atoms with van der Waals surface area (Å²) < 4.78 is 5.21. The highest BCUT2D eigenvalue weighted by Gasteiger charge is 2.23. The third-order valence-corrected chi connectivity index (χ3v) is 3.78. The molecule has 0 aliphatic heterocycles. The van der Waals surface area contributed by atoms with E-state index in [2.05, 4.69) is 0 Å². The first-order valence-corrected chi connectivity index (χ1v) is 6.19. The normalized spacial score (nSPS) is 17.6. The van der Waals surface area contributed by atoms with E-state index in [9.17, 15) is 0 Å². The molecule has 2 rings (SSSR count). The van der Waals surface area contributed by atoms with E-state index in [-0.39, 0.29) is 18.4 Å². The van der Waals surface area contributed by atoms with Crippen LogP contribution in [0.3, 0.4) is 0 Å². The summed E-state index contributed by atoms with van der Waals surface area (Å²) in [4.78, 5) is 0. The van der Waals surface area contributed by atoms with Gasteiger partial charge in [0, 0.05) is 6.04 Å². The first-order valence-electron chi connectivity index (χ1n) is 5.81. The van der Waals surface area contributed by atoms with Crippen LogP contribution >= 0.6 is 24.0 Å². The van der Waals surface area contributed by atoms with Gasteiger partial charge in [0.2, 0.25) is 0 Å². The summed E-state index contributed by atoms with van der Waals surface area (Å²) >= 11 is 5.99. The first kappa shape index (κ1) is 14.6. The number of methoxy groups -OCH3 is 1. The molecule has 0 unspecified atom stereocenters. The van der Waals surface area contributed by atoms with Crippen LogP contribution in [0.25, 0.3) is 0 Å². The monoisotopic (exact) mass is 275 g/mol. The fourth-order valence-electron chi connectivity index (χ4n) is 2.47. The van der Waals surface area contributed by atoms with Crippen LogP contribution in [0.5, 0.6) is 5.75 Å². The van der Waals surface area contributed by atoms with E-state index in [1.54, 1.807) is 7.11 Å². The molecule has 0 saturated heterocycles. The summed E-state index contributed by atoms with van der Waals surface area (Å²) in [5, 5.41) is 0.643. The zero-order chi connectivity index (χ0) is 11.5. The molecule has 0 aromatic heterocycles. The van der Waals surface area contributed by atoms with E-state index in [0.29, 0.717) is 16.7 Å². The van der Waals surface area contributed by atoms with Crippen molar-refractivity contribution in [2.24, 2.45) is 11.7 Å². The van der Waals surface area contributed by atoms with E-state index in [1.165, 1.54) is 25.7 Å². The van der Waals surface area contributed by atoms with Crippen molar-refractivity contribution < 1.29 is 4.74 Å². The molecule has 17 heavy (non-hydrogen) atoms. The maximum absolute atomic E-state index is 6.28. The predicted octanol–water partition coefficient (Wildman–Crippen LogP) is 3.96. The highest BCUT2D eigenvalue weighted by molar-refractivity contribution is 6.32. The van der Waals surface area contributed by atoms with Crippen molar-refractivity contribution in [3.8, 4) is 5.75 Å². The summed E-state index contributed by atoms with van der Waals surface area (Å²) in [5.74, 6) is 1.33. The average Bonchev–Trinajstić information content (AvgIpc) is 2.82. The van der Waals surface area contributed by atoms with E-state index in [4.69, 9.17) is 22.1 Å². The summed E-state index contributed by atoms with van der Waals surface area (Å²) in [6, 6.07) is 5.96. The zero-order valence-electron chi connectivity index (χ0n) is 9.99. The van der Waals surface area contributed by atoms with Crippen molar-refractivity contribution in [3.63, 3.8) is 0 Å². The van der Waals surface area contributed by atoms with Crippen LogP contribution in [0.1, 0.15) is 37.3 Å². The molecule has 96 valence electrons. The summed E-state index contributed by atoms with van der Waals surface area (Å²) in [6.07, 6.45) is 5.10. The Morgan fingerprint density at radius 1 is 1.35 bits per heavy atom. The molecule has 0 amide bonds. The Balaban J connectivity index is 0.00000144. The van der Waals surface area contributed by atoms with Crippen molar-refractivity contribution >= 4 is 24.0 Å². The van der Waals surface area contributed by atoms with Gasteiger partial charge < -0.3 is 10.5 Å². The van der Waals surface area contributed by atoms with Crippen LogP contribution < -0.4 is 10.5 Å². The van der Waals surface area contributed by atoms with Crippen molar-refractivity contribution in [2.75, 3.05) is 7.11 Å². The summed E-state index contributed by atoms with van der Waals surface area (Å²) in [5.41, 5.74) is 7.41. The van der Waals surface area contributed by atoms with Gasteiger partial charge in [-0.05, 0) is 36.5 Å². The lowest BCUT2D eigenvalue weighted by molar-refractivity contribution is 0.409. The van der Waals surface area contributed by atoms with Crippen LogP contribution in [0, 0.1) is 5.92 Å². The van der Waals surface area contributed by atoms with Crippen molar-refractivity contribution in [1.29, 1.82) is 0 Å². The molecule has 1 aromatic rings. The third kappa shape index (κ3) is 3.27. The molecule has 0 heterocycles. The zero-order valence-corrected chi connectivity index (χ0v) is 11.6. The van der Waals surface area contributed by atoms with Crippen LogP contribution in [0.4, 0.5) is 0 Å². The van der Waals surface area contributed by atoms with Gasteiger partial charge in [0.1, 0.15) is 5.75 Å². The van der Waals surface area contributed by atoms with Gasteiger partial charge in [-0.25, -0.2) is 0 Å². The molecule has 2 N–H and O–H groups in total. The Hall–Kier alpha value is -0.440. The number of rotatable bonds is 3. The van der Waals surface area contributed by atoms with Gasteiger partial charge in [-0.2, -0.15) is 0 Å². The van der Waals surface area contributed by atoms with Crippen LogP contribution in [-0.4, -0.2) is 7.11 Å². The quantitative estimate of drug-likeness (QED) is 0.906. The molecule has 1 fully saturated rings. The van der Waals surface area contributed by atoms with Gasteiger partial charge in [-0.15, -0.1) is 12.4 Å². The lowest BCUT2D eigenvalue weighted by Gasteiger charge is -2.20. The van der Waals surface area contributed by atoms with Crippen molar-refractivity contribution in [1.82, 2.24) is 0 Å². The second kappa shape index (κ2) is 6.48. The Morgan fingerprint density at radius 3 is 2.59 bits per heavy atom. The number of hydrogen-bond donors (Lipinski definition) is 1. The molecule has 4 heteroatoms. The highest BCUT2D eigenvalue weighted by atomic mass is 35.5. The van der Waals surface area contributed by atoms with Crippen molar-refractivity contribution in [3.05, 3.63) is 28.8 Å². The number of halogens is 2. The minimum absolute atomic E-state index is 0. The lowest BCUT2D eigenvalue weighted by atomic mass is 9.92. The number of hydrogen-bond acceptors (Lipinski definition) is 2. The Bertz CT molecular complexity index is 364. The van der Waals surface area contributed by atoms with Gasteiger partial charge in [-0.1, -0.05) is 30.5 Å². The van der Waals surface area contributed by atoms with E-state index >= 15 is 0 Å². The number of nitrogens with two attached hydrogens (primary N) is 1. The Kier molecular flexibility index (Phi) is 5.57. The largest absolute Gasteiger partial charge is 0.495 e. The molecule has 1 atom stereocenters. The molecule has 1 aliphatic rings. The SMILES string of the molecule is COc1cc([C@H](N)C2CCCC2)ccc1Cl.Cl. The molecule has 1 aliphatic carbocycles. The van der Waals surface area contributed by atoms with Crippen molar-refractivity contribution in [2.45, 2.75) is 31.7 Å². The standard InChI is InChI=1S/C13H18ClNO.ClH/c1-16-12-8-10(6-7-11(12)14)13(15)9-4-2-3-5-9;/h6-9,13H,2-5,15H2,1H3;1H/t13-;/m1./s1. The van der Waals surface area contributed by atoms with Gasteiger partial charge in [-0.3, -0.25) is 0 Å². The molecule has 0 bridgehead atoms. The first-order chi connectivity index (χ1) is 7.72. The average molecular weight is 276 g/mol. The Labute approximate surface area is 114 Å². The second-order valence-corrected chi connectivity index (χ2v) is 4.87. The van der Waals surface area contributed by atoms with E-state index < -0.39 is 0 Å². The van der Waals surface area contributed by atoms with Gasteiger partial charge >= 0.3 is 0 Å². The van der Waals surface area contributed by atoms with E-state index in [0.717, 1.165) is 5.56 Å². The fourth-order valence-corrected chi connectivity index (χ4v) is 2.67. The molecule has 1 saturated carbocycles. The lowest BCUT2D eigenvalue weighted by Crippen LogP contribution is -2.19. The van der Waals surface area contributed by atoms with Gasteiger partial charge in [0.05, 0.1) is 12.1 Å².